The van der Waals surface area contributed by atoms with Gasteiger partial charge in [-0.05, 0) is 63.6 Å². The van der Waals surface area contributed by atoms with Gasteiger partial charge in [-0.2, -0.15) is 0 Å². The van der Waals surface area contributed by atoms with Crippen LogP contribution < -0.4 is 5.32 Å². The zero-order valence-electron chi connectivity index (χ0n) is 14.2. The SMILES string of the molecule is COC(=O)c1ccc([C@H]2CC[C@@H](NC(=O)OC(C)(C)C)C2)cc1. The molecule has 0 aliphatic heterocycles. The van der Waals surface area contributed by atoms with Crippen LogP contribution in [0.5, 0.6) is 0 Å². The Hall–Kier alpha value is -2.04. The number of carbonyl (C=O) groups excluding carboxylic acids is 2. The smallest absolute Gasteiger partial charge is 0.407 e. The molecule has 1 aromatic rings. The number of hydrogen-bond acceptors (Lipinski definition) is 4. The van der Waals surface area contributed by atoms with E-state index in [1.54, 1.807) is 12.1 Å². The van der Waals surface area contributed by atoms with E-state index in [2.05, 4.69) is 5.32 Å². The minimum Gasteiger partial charge on any atom is -0.465 e. The molecule has 0 heterocycles. The molecule has 2 atom stereocenters. The number of methoxy groups -OCH3 is 1. The molecule has 5 heteroatoms. The summed E-state index contributed by atoms with van der Waals surface area (Å²) in [5, 5.41) is 2.94. The number of hydrogen-bond donors (Lipinski definition) is 1. The van der Waals surface area contributed by atoms with E-state index in [0.29, 0.717) is 11.5 Å². The van der Waals surface area contributed by atoms with Gasteiger partial charge in [0.25, 0.3) is 0 Å². The monoisotopic (exact) mass is 319 g/mol. The lowest BCUT2D eigenvalue weighted by Crippen LogP contribution is -2.37. The summed E-state index contributed by atoms with van der Waals surface area (Å²) >= 11 is 0. The number of esters is 1. The zero-order valence-corrected chi connectivity index (χ0v) is 14.2. The first-order valence-electron chi connectivity index (χ1n) is 7.96. The maximum atomic E-state index is 11.8. The van der Waals surface area contributed by atoms with Crippen molar-refractivity contribution in [2.75, 3.05) is 7.11 Å². The molecule has 1 saturated carbocycles. The van der Waals surface area contributed by atoms with Crippen molar-refractivity contribution >= 4 is 12.1 Å². The van der Waals surface area contributed by atoms with Crippen LogP contribution in [0.3, 0.4) is 0 Å². The molecular weight excluding hydrogens is 294 g/mol. The molecule has 0 bridgehead atoms. The molecule has 5 nitrogen and oxygen atoms in total. The summed E-state index contributed by atoms with van der Waals surface area (Å²) in [6, 6.07) is 7.64. The fourth-order valence-corrected chi connectivity index (χ4v) is 2.90. The van der Waals surface area contributed by atoms with Gasteiger partial charge in [-0.25, -0.2) is 9.59 Å². The maximum Gasteiger partial charge on any atom is 0.407 e. The Kier molecular flexibility index (Phi) is 5.29. The van der Waals surface area contributed by atoms with Crippen LogP contribution in [0.1, 0.15) is 61.9 Å². The Balaban J connectivity index is 1.90. The van der Waals surface area contributed by atoms with E-state index >= 15 is 0 Å². The summed E-state index contributed by atoms with van der Waals surface area (Å²) in [5.41, 5.74) is 1.26. The summed E-state index contributed by atoms with van der Waals surface area (Å²) in [6.07, 6.45) is 2.47. The largest absolute Gasteiger partial charge is 0.465 e. The Labute approximate surface area is 137 Å². The van der Waals surface area contributed by atoms with Gasteiger partial charge < -0.3 is 14.8 Å². The molecule has 1 fully saturated rings. The van der Waals surface area contributed by atoms with Gasteiger partial charge in [0, 0.05) is 6.04 Å². The third-order valence-electron chi connectivity index (χ3n) is 3.96. The van der Waals surface area contributed by atoms with Gasteiger partial charge in [0.05, 0.1) is 12.7 Å². The van der Waals surface area contributed by atoms with E-state index in [0.717, 1.165) is 19.3 Å². The highest BCUT2D eigenvalue weighted by molar-refractivity contribution is 5.89. The molecule has 1 amide bonds. The van der Waals surface area contributed by atoms with Gasteiger partial charge in [0.2, 0.25) is 0 Å². The minimum absolute atomic E-state index is 0.134. The number of rotatable bonds is 3. The van der Waals surface area contributed by atoms with Crippen molar-refractivity contribution in [1.29, 1.82) is 0 Å². The van der Waals surface area contributed by atoms with E-state index in [1.165, 1.54) is 12.7 Å². The number of benzene rings is 1. The van der Waals surface area contributed by atoms with Crippen LogP contribution in [0.2, 0.25) is 0 Å². The first-order valence-corrected chi connectivity index (χ1v) is 7.96. The van der Waals surface area contributed by atoms with Gasteiger partial charge in [-0.1, -0.05) is 12.1 Å². The van der Waals surface area contributed by atoms with Gasteiger partial charge in [0.1, 0.15) is 5.60 Å². The molecule has 1 aliphatic rings. The van der Waals surface area contributed by atoms with Gasteiger partial charge in [0.15, 0.2) is 0 Å². The van der Waals surface area contributed by atoms with E-state index in [9.17, 15) is 9.59 Å². The summed E-state index contributed by atoms with van der Waals surface area (Å²) in [6.45, 7) is 5.56. The Morgan fingerprint density at radius 2 is 1.78 bits per heavy atom. The zero-order chi connectivity index (χ0) is 17.0. The average Bonchev–Trinajstić information content (AvgIpc) is 2.93. The topological polar surface area (TPSA) is 64.6 Å². The highest BCUT2D eigenvalue weighted by Gasteiger charge is 2.28. The fraction of sp³-hybridized carbons (Fsp3) is 0.556. The quantitative estimate of drug-likeness (QED) is 0.864. The van der Waals surface area contributed by atoms with Gasteiger partial charge in [-0.15, -0.1) is 0 Å². The third-order valence-corrected chi connectivity index (χ3v) is 3.96. The molecule has 0 spiro atoms. The van der Waals surface area contributed by atoms with Crippen molar-refractivity contribution in [3.63, 3.8) is 0 Å². The molecule has 1 aromatic carbocycles. The number of amides is 1. The molecule has 23 heavy (non-hydrogen) atoms. The number of nitrogens with one attached hydrogen (secondary N) is 1. The lowest BCUT2D eigenvalue weighted by atomic mass is 9.96. The summed E-state index contributed by atoms with van der Waals surface area (Å²) in [7, 11) is 1.38. The molecule has 0 radical (unpaired) electrons. The fourth-order valence-electron chi connectivity index (χ4n) is 2.90. The summed E-state index contributed by atoms with van der Waals surface area (Å²) in [5.74, 6) is 0.0640. The number of ether oxygens (including phenoxy) is 2. The van der Waals surface area contributed by atoms with Gasteiger partial charge >= 0.3 is 12.1 Å². The molecule has 1 aliphatic carbocycles. The second kappa shape index (κ2) is 7.02. The average molecular weight is 319 g/mol. The third kappa shape index (κ3) is 4.98. The van der Waals surface area contributed by atoms with Crippen molar-refractivity contribution in [3.8, 4) is 0 Å². The molecule has 0 aromatic heterocycles. The van der Waals surface area contributed by atoms with Crippen LogP contribution in [0.4, 0.5) is 4.79 Å². The van der Waals surface area contributed by atoms with E-state index in [-0.39, 0.29) is 18.1 Å². The minimum atomic E-state index is -0.480. The normalized spacial score (nSPS) is 20.9. The maximum absolute atomic E-state index is 11.8. The van der Waals surface area contributed by atoms with E-state index in [1.807, 2.05) is 32.9 Å². The molecule has 2 rings (SSSR count). The van der Waals surface area contributed by atoms with Crippen molar-refractivity contribution in [2.45, 2.75) is 57.6 Å². The van der Waals surface area contributed by atoms with Crippen LogP contribution in [0, 0.1) is 0 Å². The lowest BCUT2D eigenvalue weighted by molar-refractivity contribution is 0.0504. The molecule has 126 valence electrons. The van der Waals surface area contributed by atoms with Crippen LogP contribution in [-0.2, 0) is 9.47 Å². The molecular formula is C18H25NO4. The van der Waals surface area contributed by atoms with Crippen LogP contribution in [0.25, 0.3) is 0 Å². The summed E-state index contributed by atoms with van der Waals surface area (Å²) < 4.78 is 10.00. The van der Waals surface area contributed by atoms with Crippen molar-refractivity contribution in [1.82, 2.24) is 5.32 Å². The molecule has 1 N–H and O–H groups in total. The van der Waals surface area contributed by atoms with Crippen LogP contribution in [-0.4, -0.2) is 30.8 Å². The standard InChI is InChI=1S/C18H25NO4/c1-18(2,3)23-17(21)19-15-10-9-14(11-15)12-5-7-13(8-6-12)16(20)22-4/h5-8,14-15H,9-11H2,1-4H3,(H,19,21)/t14-,15+/m0/s1. The highest BCUT2D eigenvalue weighted by Crippen LogP contribution is 2.34. The summed E-state index contributed by atoms with van der Waals surface area (Å²) in [4.78, 5) is 23.3. The highest BCUT2D eigenvalue weighted by atomic mass is 16.6. The molecule has 0 saturated heterocycles. The first kappa shape index (κ1) is 17.3. The Morgan fingerprint density at radius 3 is 2.35 bits per heavy atom. The van der Waals surface area contributed by atoms with E-state index in [4.69, 9.17) is 9.47 Å². The number of alkyl carbamates (subject to hydrolysis) is 1. The number of carbonyl (C=O) groups is 2. The second-order valence-electron chi connectivity index (χ2n) is 6.97. The Bertz CT molecular complexity index is 559. The first-order chi connectivity index (χ1) is 10.8. The van der Waals surface area contributed by atoms with Crippen molar-refractivity contribution in [3.05, 3.63) is 35.4 Å². The second-order valence-corrected chi connectivity index (χ2v) is 6.97. The van der Waals surface area contributed by atoms with Crippen LogP contribution >= 0.6 is 0 Å². The molecule has 0 unspecified atom stereocenters. The van der Waals surface area contributed by atoms with Gasteiger partial charge in [-0.3, -0.25) is 0 Å². The Morgan fingerprint density at radius 1 is 1.13 bits per heavy atom. The predicted molar refractivity (Wildman–Crippen MR) is 87.5 cm³/mol. The van der Waals surface area contributed by atoms with Crippen molar-refractivity contribution in [2.24, 2.45) is 0 Å². The predicted octanol–water partition coefficient (Wildman–Crippen LogP) is 3.63. The lowest BCUT2D eigenvalue weighted by Gasteiger charge is -2.21. The van der Waals surface area contributed by atoms with Crippen molar-refractivity contribution < 1.29 is 19.1 Å². The van der Waals surface area contributed by atoms with E-state index < -0.39 is 5.60 Å². The van der Waals surface area contributed by atoms with Crippen LogP contribution in [0.15, 0.2) is 24.3 Å².